The number of nitrogens with zero attached hydrogens (tertiary/aromatic N) is 3. The highest BCUT2D eigenvalue weighted by molar-refractivity contribution is 5.87. The third kappa shape index (κ3) is 5.25. The van der Waals surface area contributed by atoms with Gasteiger partial charge in [0.1, 0.15) is 0 Å². The van der Waals surface area contributed by atoms with Crippen molar-refractivity contribution in [3.05, 3.63) is 46.3 Å². The van der Waals surface area contributed by atoms with Crippen molar-refractivity contribution in [2.75, 3.05) is 11.9 Å². The number of hydrogen-bond donors (Lipinski definition) is 2. The molecule has 0 unspecified atom stereocenters. The first-order valence-corrected chi connectivity index (χ1v) is 5.06. The van der Waals surface area contributed by atoms with Crippen molar-refractivity contribution in [2.24, 2.45) is 10.8 Å². The first-order chi connectivity index (χ1) is 8.22. The number of carbonyl (C=O) groups excluding carboxylic acids is 1. The minimum Gasteiger partial charge on any atom is -0.351 e. The van der Waals surface area contributed by atoms with Gasteiger partial charge in [-0.3, -0.25) is 0 Å². The van der Waals surface area contributed by atoms with Crippen LogP contribution < -0.4 is 11.1 Å². The van der Waals surface area contributed by atoms with Crippen molar-refractivity contribution in [1.29, 1.82) is 0 Å². The smallest absolute Gasteiger partial charge is 0.316 e. The lowest BCUT2D eigenvalue weighted by Gasteiger charge is -2.01. The standard InChI is InChI=1S/C11H13N5O/c12-11(17)15-10-6-4-9(5-7-10)3-1-2-8-14-16-13/h1,3-7H,2,8H2,(H3,12,15,17). The van der Waals surface area contributed by atoms with E-state index < -0.39 is 6.03 Å². The van der Waals surface area contributed by atoms with E-state index in [-0.39, 0.29) is 0 Å². The quantitative estimate of drug-likeness (QED) is 0.346. The van der Waals surface area contributed by atoms with Gasteiger partial charge in [0.25, 0.3) is 0 Å². The molecule has 2 amide bonds. The van der Waals surface area contributed by atoms with Gasteiger partial charge in [-0.1, -0.05) is 29.4 Å². The zero-order chi connectivity index (χ0) is 12.5. The monoisotopic (exact) mass is 231 g/mol. The molecule has 6 heteroatoms. The molecule has 0 spiro atoms. The fourth-order valence-corrected chi connectivity index (χ4v) is 1.22. The van der Waals surface area contributed by atoms with Gasteiger partial charge in [0.05, 0.1) is 0 Å². The summed E-state index contributed by atoms with van der Waals surface area (Å²) in [6.07, 6.45) is 4.54. The Bertz CT molecular complexity index is 445. The molecule has 0 bridgehead atoms. The van der Waals surface area contributed by atoms with Crippen LogP contribution in [-0.4, -0.2) is 12.6 Å². The number of benzene rings is 1. The Hall–Kier alpha value is -2.46. The zero-order valence-corrected chi connectivity index (χ0v) is 9.21. The molecule has 0 aliphatic heterocycles. The molecular formula is C11H13N5O. The molecule has 6 nitrogen and oxygen atoms in total. The van der Waals surface area contributed by atoms with Crippen molar-refractivity contribution in [3.8, 4) is 0 Å². The van der Waals surface area contributed by atoms with E-state index in [0.717, 1.165) is 5.56 Å². The molecule has 0 aromatic heterocycles. The summed E-state index contributed by atoms with van der Waals surface area (Å²) in [5.41, 5.74) is 14.7. The van der Waals surface area contributed by atoms with Crippen molar-refractivity contribution < 1.29 is 4.79 Å². The first kappa shape index (κ1) is 12.6. The summed E-state index contributed by atoms with van der Waals surface area (Å²) in [7, 11) is 0. The van der Waals surface area contributed by atoms with Crippen LogP contribution in [-0.2, 0) is 0 Å². The summed E-state index contributed by atoms with van der Waals surface area (Å²) in [6, 6.07) is 6.66. The number of primary amides is 1. The fourth-order valence-electron chi connectivity index (χ4n) is 1.22. The molecule has 0 radical (unpaired) electrons. The zero-order valence-electron chi connectivity index (χ0n) is 9.21. The van der Waals surface area contributed by atoms with Crippen LogP contribution in [0.1, 0.15) is 12.0 Å². The van der Waals surface area contributed by atoms with Gasteiger partial charge in [-0.15, -0.1) is 0 Å². The molecule has 0 atom stereocenters. The molecular weight excluding hydrogens is 218 g/mol. The van der Waals surface area contributed by atoms with Crippen LogP contribution in [0.4, 0.5) is 10.5 Å². The number of urea groups is 1. The molecule has 17 heavy (non-hydrogen) atoms. The second kappa shape index (κ2) is 6.92. The normalized spacial score (nSPS) is 9.88. The van der Waals surface area contributed by atoms with E-state index in [1.54, 1.807) is 12.1 Å². The number of anilines is 1. The lowest BCUT2D eigenvalue weighted by atomic mass is 10.2. The largest absolute Gasteiger partial charge is 0.351 e. The first-order valence-electron chi connectivity index (χ1n) is 5.06. The van der Waals surface area contributed by atoms with Crippen LogP contribution in [0.2, 0.25) is 0 Å². The molecule has 88 valence electrons. The number of nitrogens with one attached hydrogen (secondary N) is 1. The van der Waals surface area contributed by atoms with E-state index in [0.29, 0.717) is 18.7 Å². The third-order valence-electron chi connectivity index (χ3n) is 1.95. The second-order valence-corrected chi connectivity index (χ2v) is 3.26. The molecule has 1 aromatic rings. The number of hydrogen-bond acceptors (Lipinski definition) is 2. The molecule has 0 heterocycles. The Kier molecular flexibility index (Phi) is 5.13. The fraction of sp³-hybridized carbons (Fsp3) is 0.182. The van der Waals surface area contributed by atoms with Crippen LogP contribution in [0.15, 0.2) is 35.5 Å². The Morgan fingerprint density at radius 1 is 1.47 bits per heavy atom. The third-order valence-corrected chi connectivity index (χ3v) is 1.95. The highest BCUT2D eigenvalue weighted by Crippen LogP contribution is 2.10. The van der Waals surface area contributed by atoms with Crippen LogP contribution in [0.5, 0.6) is 0 Å². The van der Waals surface area contributed by atoms with Crippen molar-refractivity contribution >= 4 is 17.8 Å². The summed E-state index contributed by atoms with van der Waals surface area (Å²) in [5.74, 6) is 0. The lowest BCUT2D eigenvalue weighted by molar-refractivity contribution is 0.259. The Morgan fingerprint density at radius 3 is 2.76 bits per heavy atom. The van der Waals surface area contributed by atoms with Crippen LogP contribution in [0.3, 0.4) is 0 Å². The van der Waals surface area contributed by atoms with Gasteiger partial charge >= 0.3 is 6.03 Å². The van der Waals surface area contributed by atoms with Gasteiger partial charge in [-0.25, -0.2) is 4.79 Å². The summed E-state index contributed by atoms with van der Waals surface area (Å²) in [4.78, 5) is 13.2. The van der Waals surface area contributed by atoms with E-state index in [1.807, 2.05) is 24.3 Å². The van der Waals surface area contributed by atoms with E-state index in [9.17, 15) is 4.79 Å². The molecule has 0 aliphatic carbocycles. The van der Waals surface area contributed by atoms with Gasteiger partial charge in [0.2, 0.25) is 0 Å². The van der Waals surface area contributed by atoms with Gasteiger partial charge in [0.15, 0.2) is 0 Å². The maximum Gasteiger partial charge on any atom is 0.316 e. The van der Waals surface area contributed by atoms with E-state index in [2.05, 4.69) is 15.3 Å². The summed E-state index contributed by atoms with van der Waals surface area (Å²) >= 11 is 0. The molecule has 0 saturated heterocycles. The van der Waals surface area contributed by atoms with E-state index in [4.69, 9.17) is 11.3 Å². The number of carbonyl (C=O) groups is 1. The van der Waals surface area contributed by atoms with E-state index in [1.165, 1.54) is 0 Å². The summed E-state index contributed by atoms with van der Waals surface area (Å²) in [6.45, 7) is 0.453. The maximum absolute atomic E-state index is 10.6. The topological polar surface area (TPSA) is 104 Å². The van der Waals surface area contributed by atoms with E-state index >= 15 is 0 Å². The predicted octanol–water partition coefficient (Wildman–Crippen LogP) is 2.89. The minimum absolute atomic E-state index is 0.453. The van der Waals surface area contributed by atoms with Crippen LogP contribution in [0, 0.1) is 0 Å². The Balaban J connectivity index is 2.50. The summed E-state index contributed by atoms with van der Waals surface area (Å²) < 4.78 is 0. The predicted molar refractivity (Wildman–Crippen MR) is 67.3 cm³/mol. The average molecular weight is 231 g/mol. The lowest BCUT2D eigenvalue weighted by Crippen LogP contribution is -2.19. The minimum atomic E-state index is -0.581. The Labute approximate surface area is 98.8 Å². The van der Waals surface area contributed by atoms with Crippen molar-refractivity contribution in [1.82, 2.24) is 0 Å². The molecule has 1 rings (SSSR count). The molecule has 0 fully saturated rings. The highest BCUT2D eigenvalue weighted by Gasteiger charge is 1.94. The molecule has 1 aromatic carbocycles. The molecule has 0 saturated carbocycles. The van der Waals surface area contributed by atoms with Gasteiger partial charge < -0.3 is 11.1 Å². The molecule has 0 aliphatic rings. The van der Waals surface area contributed by atoms with Crippen molar-refractivity contribution in [3.63, 3.8) is 0 Å². The highest BCUT2D eigenvalue weighted by atomic mass is 16.2. The number of azide groups is 1. The maximum atomic E-state index is 10.6. The van der Waals surface area contributed by atoms with Crippen LogP contribution in [0.25, 0.3) is 16.5 Å². The summed E-state index contributed by atoms with van der Waals surface area (Å²) in [5, 5.41) is 5.89. The molecule has 3 N–H and O–H groups in total. The Morgan fingerprint density at radius 2 is 2.18 bits per heavy atom. The number of amides is 2. The van der Waals surface area contributed by atoms with Gasteiger partial charge in [-0.2, -0.15) is 0 Å². The average Bonchev–Trinajstić information content (AvgIpc) is 2.30. The SMILES string of the molecule is [N-]=[N+]=NCCC=Cc1ccc(NC(N)=O)cc1. The van der Waals surface area contributed by atoms with Gasteiger partial charge in [-0.05, 0) is 29.6 Å². The van der Waals surface area contributed by atoms with Crippen molar-refractivity contribution in [2.45, 2.75) is 6.42 Å². The van der Waals surface area contributed by atoms with Gasteiger partial charge in [0, 0.05) is 17.1 Å². The van der Waals surface area contributed by atoms with Crippen LogP contribution >= 0.6 is 0 Å². The second-order valence-electron chi connectivity index (χ2n) is 3.26. The number of rotatable bonds is 5. The number of nitrogens with two attached hydrogens (primary N) is 1.